The predicted octanol–water partition coefficient (Wildman–Crippen LogP) is 3.46. The minimum Gasteiger partial charge on any atom is -0.331 e. The third-order valence-corrected chi connectivity index (χ3v) is 3.39. The number of aromatic nitrogens is 2. The van der Waals surface area contributed by atoms with Crippen LogP contribution in [-0.2, 0) is 0 Å². The summed E-state index contributed by atoms with van der Waals surface area (Å²) >= 11 is 7.22. The summed E-state index contributed by atoms with van der Waals surface area (Å²) in [4.78, 5) is 11.8. The number of amides is 2. The monoisotopic (exact) mass is 296 g/mol. The molecule has 100 valence electrons. The van der Waals surface area contributed by atoms with Crippen LogP contribution in [0.5, 0.6) is 0 Å². The van der Waals surface area contributed by atoms with Crippen LogP contribution < -0.4 is 10.6 Å². The molecule has 2 amide bonds. The number of anilines is 1. The van der Waals surface area contributed by atoms with Gasteiger partial charge in [-0.15, -0.1) is 10.2 Å². The van der Waals surface area contributed by atoms with E-state index in [1.165, 1.54) is 11.3 Å². The number of hydrogen-bond acceptors (Lipinski definition) is 4. The SMILES string of the molecule is CCC(NC(=O)Nc1nncs1)c1cccc(Cl)c1. The number of nitrogens with zero attached hydrogens (tertiary/aromatic N) is 2. The molecule has 5 nitrogen and oxygen atoms in total. The van der Waals surface area contributed by atoms with Gasteiger partial charge in [0, 0.05) is 5.02 Å². The number of nitrogens with one attached hydrogen (secondary N) is 2. The van der Waals surface area contributed by atoms with Crippen molar-refractivity contribution in [1.29, 1.82) is 0 Å². The van der Waals surface area contributed by atoms with Crippen LogP contribution in [0.2, 0.25) is 5.02 Å². The number of hydrogen-bond donors (Lipinski definition) is 2. The van der Waals surface area contributed by atoms with Gasteiger partial charge >= 0.3 is 6.03 Å². The van der Waals surface area contributed by atoms with Crippen molar-refractivity contribution in [2.75, 3.05) is 5.32 Å². The van der Waals surface area contributed by atoms with Gasteiger partial charge in [0.15, 0.2) is 0 Å². The highest BCUT2D eigenvalue weighted by molar-refractivity contribution is 7.13. The molecule has 19 heavy (non-hydrogen) atoms. The van der Waals surface area contributed by atoms with Crippen LogP contribution in [0, 0.1) is 0 Å². The van der Waals surface area contributed by atoms with E-state index < -0.39 is 0 Å². The van der Waals surface area contributed by atoms with Gasteiger partial charge in [-0.2, -0.15) is 0 Å². The van der Waals surface area contributed by atoms with Gasteiger partial charge in [-0.25, -0.2) is 4.79 Å². The molecular weight excluding hydrogens is 284 g/mol. The molecule has 2 N–H and O–H groups in total. The third kappa shape index (κ3) is 3.90. The van der Waals surface area contributed by atoms with E-state index in [0.29, 0.717) is 10.2 Å². The molecule has 7 heteroatoms. The first-order chi connectivity index (χ1) is 9.19. The summed E-state index contributed by atoms with van der Waals surface area (Å²) in [5.41, 5.74) is 2.53. The van der Waals surface area contributed by atoms with E-state index in [-0.39, 0.29) is 12.1 Å². The van der Waals surface area contributed by atoms with Crippen LogP contribution in [-0.4, -0.2) is 16.2 Å². The zero-order valence-electron chi connectivity index (χ0n) is 10.3. The molecule has 0 saturated heterocycles. The highest BCUT2D eigenvalue weighted by Gasteiger charge is 2.13. The maximum Gasteiger partial charge on any atom is 0.321 e. The van der Waals surface area contributed by atoms with Crippen LogP contribution in [0.4, 0.5) is 9.93 Å². The molecular formula is C12H13ClN4OS. The van der Waals surface area contributed by atoms with Gasteiger partial charge in [0.25, 0.3) is 0 Å². The maximum absolute atomic E-state index is 11.8. The van der Waals surface area contributed by atoms with Gasteiger partial charge < -0.3 is 5.32 Å². The Bertz CT molecular complexity index is 546. The van der Waals surface area contributed by atoms with Crippen molar-refractivity contribution in [2.24, 2.45) is 0 Å². The van der Waals surface area contributed by atoms with Crippen molar-refractivity contribution >= 4 is 34.1 Å². The molecule has 2 rings (SSSR count). The van der Waals surface area contributed by atoms with Crippen LogP contribution in [0.3, 0.4) is 0 Å². The summed E-state index contributed by atoms with van der Waals surface area (Å²) in [5, 5.41) is 14.0. The summed E-state index contributed by atoms with van der Waals surface area (Å²) in [7, 11) is 0. The van der Waals surface area contributed by atoms with Gasteiger partial charge in [-0.3, -0.25) is 5.32 Å². The normalized spacial score (nSPS) is 11.9. The van der Waals surface area contributed by atoms with Crippen LogP contribution in [0.15, 0.2) is 29.8 Å². The van der Waals surface area contributed by atoms with Gasteiger partial charge in [-0.05, 0) is 24.1 Å². The van der Waals surface area contributed by atoms with E-state index in [0.717, 1.165) is 12.0 Å². The lowest BCUT2D eigenvalue weighted by Gasteiger charge is -2.17. The fourth-order valence-electron chi connectivity index (χ4n) is 1.66. The average molecular weight is 297 g/mol. The molecule has 1 heterocycles. The molecule has 1 aromatic heterocycles. The number of carbonyl (C=O) groups excluding carboxylic acids is 1. The van der Waals surface area contributed by atoms with E-state index in [1.807, 2.05) is 25.1 Å². The second-order valence-corrected chi connectivity index (χ2v) is 5.13. The molecule has 0 radical (unpaired) electrons. The van der Waals surface area contributed by atoms with Crippen LogP contribution in [0.1, 0.15) is 24.9 Å². The van der Waals surface area contributed by atoms with Crippen molar-refractivity contribution in [3.8, 4) is 0 Å². The first-order valence-electron chi connectivity index (χ1n) is 5.78. The van der Waals surface area contributed by atoms with Gasteiger partial charge in [0.1, 0.15) is 5.51 Å². The second kappa shape index (κ2) is 6.49. The summed E-state index contributed by atoms with van der Waals surface area (Å²) in [5.74, 6) is 0. The van der Waals surface area contributed by atoms with Crippen LogP contribution >= 0.6 is 22.9 Å². The Hall–Kier alpha value is -1.66. The second-order valence-electron chi connectivity index (χ2n) is 3.86. The molecule has 0 spiro atoms. The molecule has 1 unspecified atom stereocenters. The zero-order chi connectivity index (χ0) is 13.7. The van der Waals surface area contributed by atoms with Gasteiger partial charge in [-0.1, -0.05) is 42.0 Å². The number of rotatable bonds is 4. The molecule has 0 aliphatic rings. The number of urea groups is 1. The Balaban J connectivity index is 2.01. The zero-order valence-corrected chi connectivity index (χ0v) is 11.8. The largest absolute Gasteiger partial charge is 0.331 e. The minimum atomic E-state index is -0.302. The standard InChI is InChI=1S/C12H13ClN4OS/c1-2-10(8-4-3-5-9(13)6-8)15-11(18)16-12-17-14-7-19-12/h3-7,10H,2H2,1H3,(H2,15,16,17,18). The molecule has 1 atom stereocenters. The van der Waals surface area contributed by atoms with E-state index in [4.69, 9.17) is 11.6 Å². The topological polar surface area (TPSA) is 66.9 Å². The van der Waals surface area contributed by atoms with Crippen molar-refractivity contribution in [2.45, 2.75) is 19.4 Å². The Labute approximate surface area is 120 Å². The fourth-order valence-corrected chi connectivity index (χ4v) is 2.30. The predicted molar refractivity (Wildman–Crippen MR) is 76.5 cm³/mol. The third-order valence-electron chi connectivity index (χ3n) is 2.55. The van der Waals surface area contributed by atoms with Crippen molar-refractivity contribution in [1.82, 2.24) is 15.5 Å². The van der Waals surface area contributed by atoms with E-state index in [9.17, 15) is 4.79 Å². The van der Waals surface area contributed by atoms with Crippen molar-refractivity contribution in [3.63, 3.8) is 0 Å². The lowest BCUT2D eigenvalue weighted by molar-refractivity contribution is 0.248. The molecule has 0 saturated carbocycles. The van der Waals surface area contributed by atoms with Gasteiger partial charge in [0.2, 0.25) is 5.13 Å². The maximum atomic E-state index is 11.8. The Morgan fingerprint density at radius 1 is 1.53 bits per heavy atom. The number of halogens is 1. The molecule has 0 fully saturated rings. The molecule has 1 aromatic carbocycles. The van der Waals surface area contributed by atoms with E-state index >= 15 is 0 Å². The summed E-state index contributed by atoms with van der Waals surface area (Å²) in [6, 6.07) is 7.06. The quantitative estimate of drug-likeness (QED) is 0.908. The summed E-state index contributed by atoms with van der Waals surface area (Å²) < 4.78 is 0. The number of carbonyl (C=O) groups is 1. The Kier molecular flexibility index (Phi) is 4.70. The highest BCUT2D eigenvalue weighted by Crippen LogP contribution is 2.20. The Morgan fingerprint density at radius 2 is 2.37 bits per heavy atom. The molecule has 2 aromatic rings. The first kappa shape index (κ1) is 13.8. The lowest BCUT2D eigenvalue weighted by Crippen LogP contribution is -2.32. The smallest absolute Gasteiger partial charge is 0.321 e. The average Bonchev–Trinajstić information content (AvgIpc) is 2.88. The summed E-state index contributed by atoms with van der Waals surface area (Å²) in [6.07, 6.45) is 0.768. The first-order valence-corrected chi connectivity index (χ1v) is 7.04. The minimum absolute atomic E-state index is 0.0911. The lowest BCUT2D eigenvalue weighted by atomic mass is 10.1. The van der Waals surface area contributed by atoms with E-state index in [2.05, 4.69) is 20.8 Å². The van der Waals surface area contributed by atoms with E-state index in [1.54, 1.807) is 11.6 Å². The molecule has 0 aliphatic carbocycles. The summed E-state index contributed by atoms with van der Waals surface area (Å²) in [6.45, 7) is 2.00. The van der Waals surface area contributed by atoms with Crippen LogP contribution in [0.25, 0.3) is 0 Å². The molecule has 0 bridgehead atoms. The number of benzene rings is 1. The highest BCUT2D eigenvalue weighted by atomic mass is 35.5. The van der Waals surface area contributed by atoms with Crippen molar-refractivity contribution in [3.05, 3.63) is 40.4 Å². The molecule has 0 aliphatic heterocycles. The fraction of sp³-hybridized carbons (Fsp3) is 0.250. The van der Waals surface area contributed by atoms with Gasteiger partial charge in [0.05, 0.1) is 6.04 Å². The van der Waals surface area contributed by atoms with Crippen molar-refractivity contribution < 1.29 is 4.79 Å². The Morgan fingerprint density at radius 3 is 3.00 bits per heavy atom.